The van der Waals surface area contributed by atoms with Crippen LogP contribution in [0.1, 0.15) is 5.56 Å². The highest BCUT2D eigenvalue weighted by Gasteiger charge is 2.05. The van der Waals surface area contributed by atoms with Crippen LogP contribution in [0.2, 0.25) is 5.15 Å². The third-order valence-electron chi connectivity index (χ3n) is 2.75. The molecule has 0 radical (unpaired) electrons. The first-order valence-corrected chi connectivity index (χ1v) is 6.05. The first kappa shape index (κ1) is 11.8. The standard InChI is InChI=1S/C13H9ClN4O/c14-12-6-5-9(7-15-12)8-18-13(19)10-3-1-2-4-11(10)16-17-18/h1-7H,8H2. The van der Waals surface area contributed by atoms with Crippen molar-refractivity contribution in [1.82, 2.24) is 20.0 Å². The van der Waals surface area contributed by atoms with Gasteiger partial charge < -0.3 is 0 Å². The molecule has 0 bridgehead atoms. The summed E-state index contributed by atoms with van der Waals surface area (Å²) in [5.74, 6) is 0. The maximum Gasteiger partial charge on any atom is 0.277 e. The van der Waals surface area contributed by atoms with Crippen molar-refractivity contribution in [3.63, 3.8) is 0 Å². The lowest BCUT2D eigenvalue weighted by molar-refractivity contribution is 0.599. The highest BCUT2D eigenvalue weighted by atomic mass is 35.5. The summed E-state index contributed by atoms with van der Waals surface area (Å²) >= 11 is 5.72. The number of hydrogen-bond donors (Lipinski definition) is 0. The Bertz CT molecular complexity index is 783. The summed E-state index contributed by atoms with van der Waals surface area (Å²) in [5, 5.41) is 8.91. The van der Waals surface area contributed by atoms with Crippen LogP contribution in [0.5, 0.6) is 0 Å². The molecular weight excluding hydrogens is 264 g/mol. The minimum atomic E-state index is -0.166. The van der Waals surface area contributed by atoms with Gasteiger partial charge in [-0.25, -0.2) is 9.67 Å². The Labute approximate surface area is 113 Å². The van der Waals surface area contributed by atoms with Crippen molar-refractivity contribution in [3.8, 4) is 0 Å². The smallest absolute Gasteiger partial charge is 0.267 e. The number of fused-ring (bicyclic) bond motifs is 1. The van der Waals surface area contributed by atoms with Crippen LogP contribution >= 0.6 is 11.6 Å². The number of hydrogen-bond acceptors (Lipinski definition) is 4. The van der Waals surface area contributed by atoms with Crippen LogP contribution in [0.4, 0.5) is 0 Å². The summed E-state index contributed by atoms with van der Waals surface area (Å²) in [5.41, 5.74) is 1.27. The van der Waals surface area contributed by atoms with Gasteiger partial charge in [-0.05, 0) is 23.8 Å². The van der Waals surface area contributed by atoms with Gasteiger partial charge in [-0.1, -0.05) is 35.0 Å². The van der Waals surface area contributed by atoms with E-state index in [9.17, 15) is 4.79 Å². The van der Waals surface area contributed by atoms with Crippen molar-refractivity contribution in [2.75, 3.05) is 0 Å². The molecule has 19 heavy (non-hydrogen) atoms. The Morgan fingerprint density at radius 3 is 2.79 bits per heavy atom. The molecule has 0 atom stereocenters. The molecule has 0 aliphatic heterocycles. The number of nitrogens with zero attached hydrogens (tertiary/aromatic N) is 4. The Hall–Kier alpha value is -2.27. The van der Waals surface area contributed by atoms with E-state index in [4.69, 9.17) is 11.6 Å². The van der Waals surface area contributed by atoms with Gasteiger partial charge in [0.2, 0.25) is 0 Å². The average molecular weight is 273 g/mol. The molecule has 0 amide bonds. The molecule has 6 heteroatoms. The molecule has 0 unspecified atom stereocenters. The summed E-state index contributed by atoms with van der Waals surface area (Å²) in [4.78, 5) is 16.2. The highest BCUT2D eigenvalue weighted by molar-refractivity contribution is 6.29. The second-order valence-electron chi connectivity index (χ2n) is 4.06. The summed E-state index contributed by atoms with van der Waals surface area (Å²) in [6.45, 7) is 0.320. The zero-order valence-electron chi connectivity index (χ0n) is 9.82. The van der Waals surface area contributed by atoms with Gasteiger partial charge in [0, 0.05) is 6.20 Å². The van der Waals surface area contributed by atoms with Crippen LogP contribution in [-0.2, 0) is 6.54 Å². The molecule has 0 aliphatic carbocycles. The summed E-state index contributed by atoms with van der Waals surface area (Å²) in [6, 6.07) is 10.6. The summed E-state index contributed by atoms with van der Waals surface area (Å²) in [6.07, 6.45) is 1.62. The van der Waals surface area contributed by atoms with Crippen molar-refractivity contribution in [1.29, 1.82) is 0 Å². The predicted molar refractivity (Wildman–Crippen MR) is 72.1 cm³/mol. The maximum atomic E-state index is 12.2. The van der Waals surface area contributed by atoms with Gasteiger partial charge in [0.1, 0.15) is 10.7 Å². The number of pyridine rings is 1. The Balaban J connectivity index is 2.04. The Morgan fingerprint density at radius 1 is 1.16 bits per heavy atom. The molecule has 94 valence electrons. The fraction of sp³-hybridized carbons (Fsp3) is 0.0769. The lowest BCUT2D eigenvalue weighted by atomic mass is 10.2. The lowest BCUT2D eigenvalue weighted by Gasteiger charge is -2.04. The van der Waals surface area contributed by atoms with E-state index in [1.54, 1.807) is 36.5 Å². The van der Waals surface area contributed by atoms with E-state index in [0.717, 1.165) is 5.56 Å². The van der Waals surface area contributed by atoms with Crippen LogP contribution in [-0.4, -0.2) is 20.0 Å². The van der Waals surface area contributed by atoms with E-state index in [2.05, 4.69) is 15.3 Å². The first-order chi connectivity index (χ1) is 9.24. The van der Waals surface area contributed by atoms with E-state index >= 15 is 0 Å². The van der Waals surface area contributed by atoms with Crippen LogP contribution in [0, 0.1) is 0 Å². The van der Waals surface area contributed by atoms with E-state index in [-0.39, 0.29) is 5.56 Å². The molecule has 0 saturated carbocycles. The van der Waals surface area contributed by atoms with E-state index in [1.165, 1.54) is 4.68 Å². The lowest BCUT2D eigenvalue weighted by Crippen LogP contribution is -2.24. The van der Waals surface area contributed by atoms with Gasteiger partial charge in [-0.3, -0.25) is 4.79 Å². The van der Waals surface area contributed by atoms with Crippen molar-refractivity contribution in [2.24, 2.45) is 0 Å². The fourth-order valence-corrected chi connectivity index (χ4v) is 1.91. The minimum Gasteiger partial charge on any atom is -0.267 e. The molecule has 2 aromatic heterocycles. The van der Waals surface area contributed by atoms with Crippen molar-refractivity contribution in [3.05, 3.63) is 63.7 Å². The number of halogens is 1. The largest absolute Gasteiger partial charge is 0.277 e. The Kier molecular flexibility index (Phi) is 2.97. The molecule has 0 spiro atoms. The number of aromatic nitrogens is 4. The van der Waals surface area contributed by atoms with E-state index < -0.39 is 0 Å². The zero-order chi connectivity index (χ0) is 13.2. The van der Waals surface area contributed by atoms with Crippen molar-refractivity contribution < 1.29 is 0 Å². The maximum absolute atomic E-state index is 12.2. The molecule has 3 rings (SSSR count). The van der Waals surface area contributed by atoms with E-state index in [0.29, 0.717) is 22.6 Å². The van der Waals surface area contributed by atoms with Crippen molar-refractivity contribution in [2.45, 2.75) is 6.54 Å². The third-order valence-corrected chi connectivity index (χ3v) is 2.97. The first-order valence-electron chi connectivity index (χ1n) is 5.67. The van der Waals surface area contributed by atoms with Gasteiger partial charge in [0.05, 0.1) is 11.9 Å². The van der Waals surface area contributed by atoms with Gasteiger partial charge in [-0.15, -0.1) is 5.10 Å². The molecule has 5 nitrogen and oxygen atoms in total. The molecule has 0 N–H and O–H groups in total. The van der Waals surface area contributed by atoms with Gasteiger partial charge in [-0.2, -0.15) is 0 Å². The Morgan fingerprint density at radius 2 is 2.00 bits per heavy atom. The number of benzene rings is 1. The topological polar surface area (TPSA) is 60.7 Å². The van der Waals surface area contributed by atoms with Crippen LogP contribution in [0.15, 0.2) is 47.4 Å². The van der Waals surface area contributed by atoms with Crippen LogP contribution in [0.25, 0.3) is 10.9 Å². The highest BCUT2D eigenvalue weighted by Crippen LogP contribution is 2.07. The average Bonchev–Trinajstić information content (AvgIpc) is 2.45. The monoisotopic (exact) mass is 272 g/mol. The number of rotatable bonds is 2. The molecule has 3 aromatic rings. The SMILES string of the molecule is O=c1c2ccccc2nnn1Cc1ccc(Cl)nc1. The normalized spacial score (nSPS) is 10.8. The third kappa shape index (κ3) is 2.32. The minimum absolute atomic E-state index is 0.166. The molecule has 0 fully saturated rings. The molecule has 1 aromatic carbocycles. The molecule has 0 saturated heterocycles. The second-order valence-corrected chi connectivity index (χ2v) is 4.45. The second kappa shape index (κ2) is 4.78. The van der Waals surface area contributed by atoms with E-state index in [1.807, 2.05) is 6.07 Å². The molecular formula is C13H9ClN4O. The van der Waals surface area contributed by atoms with Crippen molar-refractivity contribution >= 4 is 22.5 Å². The van der Waals surface area contributed by atoms with Gasteiger partial charge in [0.15, 0.2) is 0 Å². The summed E-state index contributed by atoms with van der Waals surface area (Å²) in [7, 11) is 0. The molecule has 0 aliphatic rings. The summed E-state index contributed by atoms with van der Waals surface area (Å²) < 4.78 is 1.31. The molecule has 2 heterocycles. The van der Waals surface area contributed by atoms with Gasteiger partial charge in [0.25, 0.3) is 5.56 Å². The van der Waals surface area contributed by atoms with Crippen LogP contribution in [0.3, 0.4) is 0 Å². The van der Waals surface area contributed by atoms with Gasteiger partial charge >= 0.3 is 0 Å². The fourth-order valence-electron chi connectivity index (χ4n) is 1.80. The zero-order valence-corrected chi connectivity index (χ0v) is 10.6. The predicted octanol–water partition coefficient (Wildman–Crippen LogP) is 1.89. The quantitative estimate of drug-likeness (QED) is 0.669. The van der Waals surface area contributed by atoms with Crippen LogP contribution < -0.4 is 5.56 Å².